The zero-order valence-electron chi connectivity index (χ0n) is 15.1. The molecule has 0 bridgehead atoms. The van der Waals surface area contributed by atoms with Gasteiger partial charge in [0.2, 0.25) is 5.95 Å². The normalized spacial score (nSPS) is 16.5. The average Bonchev–Trinajstić information content (AvgIpc) is 2.65. The number of quaternary nitrogens is 1. The summed E-state index contributed by atoms with van der Waals surface area (Å²) in [6, 6.07) is 7.81. The van der Waals surface area contributed by atoms with Gasteiger partial charge < -0.3 is 15.1 Å². The van der Waals surface area contributed by atoms with E-state index in [0.29, 0.717) is 0 Å². The number of amides is 1. The van der Waals surface area contributed by atoms with Crippen LogP contribution in [0.4, 0.5) is 11.6 Å². The Morgan fingerprint density at radius 1 is 1.12 bits per heavy atom. The van der Waals surface area contributed by atoms with Crippen molar-refractivity contribution in [1.29, 1.82) is 0 Å². The lowest BCUT2D eigenvalue weighted by Gasteiger charge is -2.34. The lowest BCUT2D eigenvalue weighted by atomic mass is 10.1. The van der Waals surface area contributed by atoms with Crippen molar-refractivity contribution in [2.45, 2.75) is 26.8 Å². The number of para-hydroxylation sites is 1. The summed E-state index contributed by atoms with van der Waals surface area (Å²) < 4.78 is 0. The van der Waals surface area contributed by atoms with Gasteiger partial charge in [0, 0.05) is 18.1 Å². The van der Waals surface area contributed by atoms with Crippen LogP contribution < -0.4 is 15.1 Å². The minimum Gasteiger partial charge on any atom is -0.330 e. The number of hydrogen-bond donors (Lipinski definition) is 2. The first-order chi connectivity index (χ1) is 12.1. The van der Waals surface area contributed by atoms with Crippen molar-refractivity contribution in [3.05, 3.63) is 47.8 Å². The largest absolute Gasteiger partial charge is 0.330 e. The molecule has 25 heavy (non-hydrogen) atoms. The molecule has 3 rings (SSSR count). The number of aromatic nitrogens is 2. The highest BCUT2D eigenvalue weighted by Gasteiger charge is 2.30. The minimum atomic E-state index is -0.0853. The number of carbonyl (C=O) groups excluding carboxylic acids is 1. The third kappa shape index (κ3) is 3.96. The number of benzene rings is 1. The summed E-state index contributed by atoms with van der Waals surface area (Å²) in [5.74, 6) is 0.853. The van der Waals surface area contributed by atoms with Gasteiger partial charge in [0.05, 0.1) is 26.2 Å². The molecule has 1 aliphatic heterocycles. The predicted octanol–water partition coefficient (Wildman–Crippen LogP) is 0.826. The highest BCUT2D eigenvalue weighted by molar-refractivity contribution is 5.95. The molecule has 0 saturated carbocycles. The highest BCUT2D eigenvalue weighted by Crippen LogP contribution is 2.19. The number of aryl methyl sites for hydroxylation is 2. The van der Waals surface area contributed by atoms with E-state index in [4.69, 9.17) is 0 Å². The fraction of sp³-hybridized carbons (Fsp3) is 0.421. The second kappa shape index (κ2) is 7.61. The van der Waals surface area contributed by atoms with E-state index in [0.717, 1.165) is 48.9 Å². The molecule has 1 saturated heterocycles. The molecule has 6 heteroatoms. The molecule has 1 amide bonds. The quantitative estimate of drug-likeness (QED) is 0.865. The molecule has 1 aliphatic rings. The van der Waals surface area contributed by atoms with Crippen LogP contribution in [0.1, 0.15) is 18.1 Å². The zero-order valence-corrected chi connectivity index (χ0v) is 15.1. The molecular weight excluding hydrogens is 314 g/mol. The van der Waals surface area contributed by atoms with E-state index in [1.807, 2.05) is 45.0 Å². The molecule has 132 valence electrons. The SMILES string of the molecule is Cc1cccc(C)c1NC(=O)[C@H](C)[NH+]1CCN(c2ncccn2)CC1. The van der Waals surface area contributed by atoms with Crippen LogP contribution in [0.5, 0.6) is 0 Å². The Balaban J connectivity index is 1.59. The summed E-state index contributed by atoms with van der Waals surface area (Å²) >= 11 is 0. The fourth-order valence-electron chi connectivity index (χ4n) is 3.31. The molecular formula is C19H26N5O+. The lowest BCUT2D eigenvalue weighted by molar-refractivity contribution is -0.914. The molecule has 1 aromatic carbocycles. The van der Waals surface area contributed by atoms with Crippen LogP contribution in [-0.4, -0.2) is 48.1 Å². The fourth-order valence-corrected chi connectivity index (χ4v) is 3.31. The van der Waals surface area contributed by atoms with Crippen molar-refractivity contribution in [2.75, 3.05) is 36.4 Å². The zero-order chi connectivity index (χ0) is 17.8. The Morgan fingerprint density at radius 2 is 1.72 bits per heavy atom. The van der Waals surface area contributed by atoms with E-state index >= 15 is 0 Å². The third-order valence-corrected chi connectivity index (χ3v) is 4.98. The highest BCUT2D eigenvalue weighted by atomic mass is 16.2. The van der Waals surface area contributed by atoms with E-state index in [-0.39, 0.29) is 11.9 Å². The molecule has 1 atom stereocenters. The van der Waals surface area contributed by atoms with Crippen LogP contribution in [0.2, 0.25) is 0 Å². The van der Waals surface area contributed by atoms with E-state index in [2.05, 4.69) is 20.2 Å². The Labute approximate surface area is 148 Å². The second-order valence-electron chi connectivity index (χ2n) is 6.67. The molecule has 0 spiro atoms. The molecule has 0 radical (unpaired) electrons. The molecule has 2 heterocycles. The van der Waals surface area contributed by atoms with Crippen molar-refractivity contribution in [3.63, 3.8) is 0 Å². The van der Waals surface area contributed by atoms with Crippen LogP contribution in [0, 0.1) is 13.8 Å². The summed E-state index contributed by atoms with van der Waals surface area (Å²) in [6.07, 6.45) is 3.53. The van der Waals surface area contributed by atoms with Gasteiger partial charge in [-0.1, -0.05) is 18.2 Å². The summed E-state index contributed by atoms with van der Waals surface area (Å²) in [5.41, 5.74) is 3.14. The van der Waals surface area contributed by atoms with E-state index in [9.17, 15) is 4.79 Å². The smallest absolute Gasteiger partial charge is 0.282 e. The average molecular weight is 340 g/mol. The first-order valence-electron chi connectivity index (χ1n) is 8.80. The second-order valence-corrected chi connectivity index (χ2v) is 6.67. The molecule has 6 nitrogen and oxygen atoms in total. The van der Waals surface area contributed by atoms with Gasteiger partial charge in [0.25, 0.3) is 5.91 Å². The minimum absolute atomic E-state index is 0.0804. The lowest BCUT2D eigenvalue weighted by Crippen LogP contribution is -3.19. The number of rotatable bonds is 4. The van der Waals surface area contributed by atoms with E-state index in [1.165, 1.54) is 4.90 Å². The number of hydrogen-bond acceptors (Lipinski definition) is 4. The number of anilines is 2. The Morgan fingerprint density at radius 3 is 2.32 bits per heavy atom. The Kier molecular flexibility index (Phi) is 5.28. The molecule has 1 aromatic heterocycles. The first-order valence-corrected chi connectivity index (χ1v) is 8.80. The summed E-state index contributed by atoms with van der Waals surface area (Å²) in [5, 5.41) is 3.12. The van der Waals surface area contributed by atoms with Crippen molar-refractivity contribution in [3.8, 4) is 0 Å². The van der Waals surface area contributed by atoms with Gasteiger partial charge in [0.15, 0.2) is 6.04 Å². The molecule has 0 aliphatic carbocycles. The van der Waals surface area contributed by atoms with Gasteiger partial charge in [-0.25, -0.2) is 9.97 Å². The van der Waals surface area contributed by atoms with Gasteiger partial charge in [-0.15, -0.1) is 0 Å². The van der Waals surface area contributed by atoms with Gasteiger partial charge in [-0.3, -0.25) is 4.79 Å². The molecule has 0 unspecified atom stereocenters. The monoisotopic (exact) mass is 340 g/mol. The maximum atomic E-state index is 12.7. The van der Waals surface area contributed by atoms with Crippen molar-refractivity contribution >= 4 is 17.5 Å². The summed E-state index contributed by atoms with van der Waals surface area (Å²) in [7, 11) is 0. The van der Waals surface area contributed by atoms with E-state index < -0.39 is 0 Å². The van der Waals surface area contributed by atoms with E-state index in [1.54, 1.807) is 12.4 Å². The number of nitrogens with zero attached hydrogens (tertiary/aromatic N) is 3. The van der Waals surface area contributed by atoms with Gasteiger partial charge in [-0.2, -0.15) is 0 Å². The summed E-state index contributed by atoms with van der Waals surface area (Å²) in [4.78, 5) is 24.8. The number of carbonyl (C=O) groups is 1. The molecule has 2 N–H and O–H groups in total. The van der Waals surface area contributed by atoms with Crippen LogP contribution in [0.25, 0.3) is 0 Å². The number of piperazine rings is 1. The third-order valence-electron chi connectivity index (χ3n) is 4.98. The Hall–Kier alpha value is -2.47. The van der Waals surface area contributed by atoms with Crippen LogP contribution in [0.15, 0.2) is 36.7 Å². The maximum absolute atomic E-state index is 12.7. The van der Waals surface area contributed by atoms with Gasteiger partial charge in [0.1, 0.15) is 0 Å². The Bertz CT molecular complexity index is 706. The van der Waals surface area contributed by atoms with Crippen molar-refractivity contribution < 1.29 is 9.69 Å². The molecule has 1 fully saturated rings. The van der Waals surface area contributed by atoms with Crippen molar-refractivity contribution in [2.24, 2.45) is 0 Å². The standard InChI is InChI=1S/C19H25N5O/c1-14-6-4-7-15(2)17(14)22-18(25)16(3)23-10-12-24(13-11-23)19-20-8-5-9-21-19/h4-9,16H,10-13H2,1-3H3,(H,22,25)/p+1/t16-/m0/s1. The van der Waals surface area contributed by atoms with Crippen LogP contribution in [-0.2, 0) is 4.79 Å². The van der Waals surface area contributed by atoms with Crippen molar-refractivity contribution in [1.82, 2.24) is 9.97 Å². The van der Waals surface area contributed by atoms with Crippen LogP contribution >= 0.6 is 0 Å². The molecule has 2 aromatic rings. The van der Waals surface area contributed by atoms with Gasteiger partial charge in [-0.05, 0) is 38.0 Å². The van der Waals surface area contributed by atoms with Crippen LogP contribution in [0.3, 0.4) is 0 Å². The predicted molar refractivity (Wildman–Crippen MR) is 98.9 cm³/mol. The first kappa shape index (κ1) is 17.4. The topological polar surface area (TPSA) is 62.6 Å². The number of nitrogens with one attached hydrogen (secondary N) is 2. The maximum Gasteiger partial charge on any atom is 0.282 e. The van der Waals surface area contributed by atoms with Gasteiger partial charge >= 0.3 is 0 Å². The summed E-state index contributed by atoms with van der Waals surface area (Å²) in [6.45, 7) is 9.59.